The SMILES string of the molecule is Nc1ccccc1.[Cu]. The smallest absolute Gasteiger partial charge is 0.0313 e. The molecule has 0 saturated carbocycles. The van der Waals surface area contributed by atoms with E-state index < -0.39 is 0 Å². The van der Waals surface area contributed by atoms with Crippen molar-refractivity contribution in [1.29, 1.82) is 0 Å². The Hall–Kier alpha value is -0.461. The van der Waals surface area contributed by atoms with Crippen LogP contribution in [0.1, 0.15) is 0 Å². The molecule has 0 atom stereocenters. The van der Waals surface area contributed by atoms with Crippen LogP contribution in [0.5, 0.6) is 0 Å². The van der Waals surface area contributed by atoms with Crippen LogP contribution in [0.3, 0.4) is 0 Å². The van der Waals surface area contributed by atoms with Crippen LogP contribution in [0.2, 0.25) is 0 Å². The van der Waals surface area contributed by atoms with Crippen molar-refractivity contribution < 1.29 is 17.1 Å². The Balaban J connectivity index is 0.000000490. The first kappa shape index (κ1) is 7.54. The molecule has 47 valence electrons. The molecule has 2 N–H and O–H groups in total. The van der Waals surface area contributed by atoms with Crippen molar-refractivity contribution in [2.24, 2.45) is 0 Å². The summed E-state index contributed by atoms with van der Waals surface area (Å²) in [5.41, 5.74) is 6.18. The molecule has 0 heterocycles. The zero-order chi connectivity index (χ0) is 5.11. The predicted molar refractivity (Wildman–Crippen MR) is 30.9 cm³/mol. The second kappa shape index (κ2) is 3.53. The van der Waals surface area contributed by atoms with Gasteiger partial charge in [0.25, 0.3) is 0 Å². The van der Waals surface area contributed by atoms with Crippen molar-refractivity contribution >= 4 is 5.69 Å². The topological polar surface area (TPSA) is 26.0 Å². The minimum Gasteiger partial charge on any atom is -0.399 e. The third-order valence-electron chi connectivity index (χ3n) is 0.800. The number of nitrogens with two attached hydrogens (primary N) is 1. The van der Waals surface area contributed by atoms with Crippen LogP contribution in [0.25, 0.3) is 0 Å². The van der Waals surface area contributed by atoms with E-state index in [0.717, 1.165) is 5.69 Å². The Kier molecular flexibility index (Phi) is 3.33. The van der Waals surface area contributed by atoms with E-state index in [1.165, 1.54) is 0 Å². The minimum absolute atomic E-state index is 0. The number of para-hydroxylation sites is 1. The van der Waals surface area contributed by atoms with Crippen LogP contribution in [-0.4, -0.2) is 0 Å². The summed E-state index contributed by atoms with van der Waals surface area (Å²) in [6.07, 6.45) is 0. The maximum atomic E-state index is 5.36. The van der Waals surface area contributed by atoms with Gasteiger partial charge in [0, 0.05) is 22.8 Å². The molecule has 0 bridgehead atoms. The molecule has 0 spiro atoms. The summed E-state index contributed by atoms with van der Waals surface area (Å²) in [6.45, 7) is 0. The molecule has 1 rings (SSSR count). The van der Waals surface area contributed by atoms with Gasteiger partial charge < -0.3 is 5.73 Å². The van der Waals surface area contributed by atoms with E-state index in [1.807, 2.05) is 30.3 Å². The van der Waals surface area contributed by atoms with E-state index in [9.17, 15) is 0 Å². The van der Waals surface area contributed by atoms with Gasteiger partial charge in [0.05, 0.1) is 0 Å². The Morgan fingerprint density at radius 3 is 1.75 bits per heavy atom. The monoisotopic (exact) mass is 156 g/mol. The molecular weight excluding hydrogens is 150 g/mol. The summed E-state index contributed by atoms with van der Waals surface area (Å²) in [4.78, 5) is 0. The first-order chi connectivity index (χ1) is 3.39. The van der Waals surface area contributed by atoms with Crippen LogP contribution in [0, 0.1) is 0 Å². The summed E-state index contributed by atoms with van der Waals surface area (Å²) < 4.78 is 0. The molecule has 1 aromatic rings. The molecule has 1 nitrogen and oxygen atoms in total. The van der Waals surface area contributed by atoms with Gasteiger partial charge in [-0.3, -0.25) is 0 Å². The molecule has 0 aliphatic rings. The van der Waals surface area contributed by atoms with E-state index in [1.54, 1.807) is 0 Å². The second-order valence-electron chi connectivity index (χ2n) is 1.41. The normalized spacial score (nSPS) is 7.50. The Labute approximate surface area is 59.4 Å². The van der Waals surface area contributed by atoms with E-state index in [-0.39, 0.29) is 17.1 Å². The van der Waals surface area contributed by atoms with Crippen LogP contribution < -0.4 is 5.73 Å². The first-order valence-electron chi connectivity index (χ1n) is 2.20. The van der Waals surface area contributed by atoms with Crippen LogP contribution in [0.15, 0.2) is 30.3 Å². The molecule has 0 fully saturated rings. The average molecular weight is 157 g/mol. The quantitative estimate of drug-likeness (QED) is 0.445. The number of nitrogen functional groups attached to an aromatic ring is 1. The second-order valence-corrected chi connectivity index (χ2v) is 1.41. The Bertz CT molecular complexity index is 138. The fraction of sp³-hybridized carbons (Fsp3) is 0. The Morgan fingerprint density at radius 2 is 1.50 bits per heavy atom. The van der Waals surface area contributed by atoms with Gasteiger partial charge in [-0.25, -0.2) is 0 Å². The molecule has 0 unspecified atom stereocenters. The molecular formula is C6H7CuN. The fourth-order valence-electron chi connectivity index (χ4n) is 0.453. The summed E-state index contributed by atoms with van der Waals surface area (Å²) >= 11 is 0. The third-order valence-corrected chi connectivity index (χ3v) is 0.800. The molecule has 0 aliphatic carbocycles. The molecule has 8 heavy (non-hydrogen) atoms. The molecule has 1 radical (unpaired) electrons. The summed E-state index contributed by atoms with van der Waals surface area (Å²) in [6, 6.07) is 9.49. The van der Waals surface area contributed by atoms with E-state index in [4.69, 9.17) is 5.73 Å². The van der Waals surface area contributed by atoms with E-state index in [0.29, 0.717) is 0 Å². The zero-order valence-corrected chi connectivity index (χ0v) is 5.21. The van der Waals surface area contributed by atoms with Gasteiger partial charge in [-0.15, -0.1) is 0 Å². The summed E-state index contributed by atoms with van der Waals surface area (Å²) in [5.74, 6) is 0. The van der Waals surface area contributed by atoms with Gasteiger partial charge in [-0.2, -0.15) is 0 Å². The van der Waals surface area contributed by atoms with Gasteiger partial charge >= 0.3 is 0 Å². The largest absolute Gasteiger partial charge is 0.399 e. The van der Waals surface area contributed by atoms with Crippen LogP contribution in [0.4, 0.5) is 5.69 Å². The van der Waals surface area contributed by atoms with Crippen LogP contribution >= 0.6 is 0 Å². The van der Waals surface area contributed by atoms with Crippen molar-refractivity contribution in [2.45, 2.75) is 0 Å². The molecule has 2 heteroatoms. The predicted octanol–water partition coefficient (Wildman–Crippen LogP) is 1.27. The maximum absolute atomic E-state index is 5.36. The van der Waals surface area contributed by atoms with E-state index in [2.05, 4.69) is 0 Å². The molecule has 1 aromatic carbocycles. The van der Waals surface area contributed by atoms with Crippen molar-refractivity contribution in [3.63, 3.8) is 0 Å². The first-order valence-corrected chi connectivity index (χ1v) is 2.20. The van der Waals surface area contributed by atoms with Crippen molar-refractivity contribution in [3.05, 3.63) is 30.3 Å². The summed E-state index contributed by atoms with van der Waals surface area (Å²) in [5, 5.41) is 0. The number of hydrogen-bond donors (Lipinski definition) is 1. The fourth-order valence-corrected chi connectivity index (χ4v) is 0.453. The summed E-state index contributed by atoms with van der Waals surface area (Å²) in [7, 11) is 0. The number of benzene rings is 1. The molecule has 0 saturated heterocycles. The standard InChI is InChI=1S/C6H7N.Cu/c7-6-4-2-1-3-5-6;/h1-5H,7H2;. The maximum Gasteiger partial charge on any atom is 0.0313 e. The molecule has 0 aromatic heterocycles. The van der Waals surface area contributed by atoms with Crippen molar-refractivity contribution in [1.82, 2.24) is 0 Å². The van der Waals surface area contributed by atoms with Gasteiger partial charge in [-0.1, -0.05) is 18.2 Å². The van der Waals surface area contributed by atoms with Crippen LogP contribution in [-0.2, 0) is 17.1 Å². The van der Waals surface area contributed by atoms with Gasteiger partial charge in [0.2, 0.25) is 0 Å². The number of hydrogen-bond acceptors (Lipinski definition) is 1. The van der Waals surface area contributed by atoms with Crippen molar-refractivity contribution in [3.8, 4) is 0 Å². The van der Waals surface area contributed by atoms with Gasteiger partial charge in [0.1, 0.15) is 0 Å². The van der Waals surface area contributed by atoms with Gasteiger partial charge in [0.15, 0.2) is 0 Å². The minimum atomic E-state index is 0. The third kappa shape index (κ3) is 2.01. The van der Waals surface area contributed by atoms with Crippen molar-refractivity contribution in [2.75, 3.05) is 5.73 Å². The molecule has 0 amide bonds. The number of anilines is 1. The molecule has 0 aliphatic heterocycles. The van der Waals surface area contributed by atoms with Gasteiger partial charge in [-0.05, 0) is 12.1 Å². The Morgan fingerprint density at radius 1 is 1.00 bits per heavy atom. The zero-order valence-electron chi connectivity index (χ0n) is 4.27. The van der Waals surface area contributed by atoms with E-state index >= 15 is 0 Å². The average Bonchev–Trinajstić information content (AvgIpc) is 1.69. The number of rotatable bonds is 0.